The normalized spacial score (nSPS) is 15.4. The van der Waals surface area contributed by atoms with Gasteiger partial charge in [-0.25, -0.2) is 4.39 Å². The van der Waals surface area contributed by atoms with Crippen LogP contribution < -0.4 is 15.8 Å². The van der Waals surface area contributed by atoms with Crippen LogP contribution in [0.5, 0.6) is 5.75 Å². The third kappa shape index (κ3) is 5.12. The molecule has 124 valence electrons. The second-order valence-electron chi connectivity index (χ2n) is 5.16. The number of anilines is 1. The maximum Gasteiger partial charge on any atom is 0.227 e. The standard InChI is InChI=1S/C15H21FN2O3.ClH/c1-20-12(9-17)8-15(19)18-10-5-6-14(13(16)7-10)21-11-3-2-4-11;/h5-7,11-12H,2-4,8-9,17H2,1H3,(H,18,19);1H. The van der Waals surface area contributed by atoms with E-state index in [1.165, 1.54) is 13.2 Å². The zero-order valence-corrected chi connectivity index (χ0v) is 13.3. The van der Waals surface area contributed by atoms with Gasteiger partial charge in [0.15, 0.2) is 11.6 Å². The lowest BCUT2D eigenvalue weighted by molar-refractivity contribution is -0.118. The van der Waals surface area contributed by atoms with E-state index in [9.17, 15) is 9.18 Å². The Morgan fingerprint density at radius 3 is 2.73 bits per heavy atom. The maximum atomic E-state index is 13.9. The fourth-order valence-corrected chi connectivity index (χ4v) is 2.02. The van der Waals surface area contributed by atoms with E-state index >= 15 is 0 Å². The molecule has 0 aliphatic heterocycles. The van der Waals surface area contributed by atoms with E-state index in [1.807, 2.05) is 0 Å². The van der Waals surface area contributed by atoms with Crippen molar-refractivity contribution in [2.24, 2.45) is 5.73 Å². The van der Waals surface area contributed by atoms with Gasteiger partial charge in [0, 0.05) is 25.4 Å². The second-order valence-corrected chi connectivity index (χ2v) is 5.16. The molecule has 1 aliphatic rings. The average molecular weight is 333 g/mol. The third-order valence-corrected chi connectivity index (χ3v) is 3.57. The van der Waals surface area contributed by atoms with E-state index in [1.54, 1.807) is 12.1 Å². The van der Waals surface area contributed by atoms with Gasteiger partial charge in [0.2, 0.25) is 5.91 Å². The molecule has 0 heterocycles. The summed E-state index contributed by atoms with van der Waals surface area (Å²) < 4.78 is 24.4. The van der Waals surface area contributed by atoms with E-state index < -0.39 is 5.82 Å². The van der Waals surface area contributed by atoms with E-state index in [0.29, 0.717) is 5.69 Å². The van der Waals surface area contributed by atoms with Crippen molar-refractivity contribution in [2.75, 3.05) is 19.0 Å². The summed E-state index contributed by atoms with van der Waals surface area (Å²) in [6, 6.07) is 4.43. The fraction of sp³-hybridized carbons (Fsp3) is 0.533. The topological polar surface area (TPSA) is 73.6 Å². The summed E-state index contributed by atoms with van der Waals surface area (Å²) in [6.07, 6.45) is 2.98. The summed E-state index contributed by atoms with van der Waals surface area (Å²) in [5.41, 5.74) is 5.85. The highest BCUT2D eigenvalue weighted by atomic mass is 35.5. The minimum atomic E-state index is -0.471. The average Bonchev–Trinajstić information content (AvgIpc) is 2.42. The fourth-order valence-electron chi connectivity index (χ4n) is 2.02. The van der Waals surface area contributed by atoms with Crippen LogP contribution in [-0.4, -0.2) is 31.8 Å². The predicted octanol–water partition coefficient (Wildman–Crippen LogP) is 2.48. The summed E-state index contributed by atoms with van der Waals surface area (Å²) in [5.74, 6) is -0.504. The lowest BCUT2D eigenvalue weighted by Crippen LogP contribution is -2.28. The van der Waals surface area contributed by atoms with Crippen LogP contribution >= 0.6 is 12.4 Å². The maximum absolute atomic E-state index is 13.9. The molecule has 0 spiro atoms. The first-order valence-electron chi connectivity index (χ1n) is 7.11. The van der Waals surface area contributed by atoms with Gasteiger partial charge < -0.3 is 20.5 Å². The van der Waals surface area contributed by atoms with Gasteiger partial charge in [-0.2, -0.15) is 0 Å². The molecule has 1 fully saturated rings. The van der Waals surface area contributed by atoms with Gasteiger partial charge in [-0.15, -0.1) is 12.4 Å². The summed E-state index contributed by atoms with van der Waals surface area (Å²) in [6.45, 7) is 0.256. The van der Waals surface area contributed by atoms with Gasteiger partial charge in [-0.1, -0.05) is 0 Å². The Labute approximate surface area is 135 Å². The number of nitrogens with two attached hydrogens (primary N) is 1. The number of nitrogens with one attached hydrogen (secondary N) is 1. The molecule has 5 nitrogen and oxygen atoms in total. The Morgan fingerprint density at radius 1 is 1.50 bits per heavy atom. The number of hydrogen-bond acceptors (Lipinski definition) is 4. The second kappa shape index (κ2) is 8.92. The van der Waals surface area contributed by atoms with Crippen LogP contribution in [0.4, 0.5) is 10.1 Å². The lowest BCUT2D eigenvalue weighted by atomic mass is 9.96. The number of methoxy groups -OCH3 is 1. The number of amides is 1. The first-order chi connectivity index (χ1) is 10.1. The van der Waals surface area contributed by atoms with Crippen LogP contribution in [0.25, 0.3) is 0 Å². The van der Waals surface area contributed by atoms with Crippen molar-refractivity contribution in [3.05, 3.63) is 24.0 Å². The van der Waals surface area contributed by atoms with Crippen LogP contribution in [0.2, 0.25) is 0 Å². The summed E-state index contributed by atoms with van der Waals surface area (Å²) in [5, 5.41) is 2.62. The summed E-state index contributed by atoms with van der Waals surface area (Å²) in [4.78, 5) is 11.8. The highest BCUT2D eigenvalue weighted by molar-refractivity contribution is 5.91. The number of carbonyl (C=O) groups is 1. The van der Waals surface area contributed by atoms with Crippen molar-refractivity contribution in [1.82, 2.24) is 0 Å². The van der Waals surface area contributed by atoms with Crippen molar-refractivity contribution in [3.8, 4) is 5.75 Å². The molecule has 1 aromatic carbocycles. The molecule has 1 saturated carbocycles. The van der Waals surface area contributed by atoms with Gasteiger partial charge in [0.1, 0.15) is 0 Å². The molecule has 1 aliphatic carbocycles. The number of benzene rings is 1. The molecule has 0 saturated heterocycles. The Balaban J connectivity index is 0.00000242. The quantitative estimate of drug-likeness (QED) is 0.804. The largest absolute Gasteiger partial charge is 0.487 e. The minimum Gasteiger partial charge on any atom is -0.487 e. The van der Waals surface area contributed by atoms with Crippen LogP contribution in [0.1, 0.15) is 25.7 Å². The number of hydrogen-bond donors (Lipinski definition) is 2. The molecule has 7 heteroatoms. The molecule has 0 aromatic heterocycles. The molecular weight excluding hydrogens is 311 g/mol. The molecule has 1 unspecified atom stereocenters. The van der Waals surface area contributed by atoms with Gasteiger partial charge >= 0.3 is 0 Å². The highest BCUT2D eigenvalue weighted by Crippen LogP contribution is 2.28. The van der Waals surface area contributed by atoms with Gasteiger partial charge in [-0.05, 0) is 31.4 Å². The monoisotopic (exact) mass is 332 g/mol. The Bertz CT molecular complexity index is 494. The van der Waals surface area contributed by atoms with Gasteiger partial charge in [0.05, 0.1) is 18.6 Å². The van der Waals surface area contributed by atoms with Crippen molar-refractivity contribution in [1.29, 1.82) is 0 Å². The number of rotatable bonds is 7. The first kappa shape index (κ1) is 18.7. The molecule has 0 bridgehead atoms. The zero-order valence-electron chi connectivity index (χ0n) is 12.5. The zero-order chi connectivity index (χ0) is 15.2. The molecule has 3 N–H and O–H groups in total. The van der Waals surface area contributed by atoms with Crippen LogP contribution in [0.15, 0.2) is 18.2 Å². The lowest BCUT2D eigenvalue weighted by Gasteiger charge is -2.26. The summed E-state index contributed by atoms with van der Waals surface area (Å²) >= 11 is 0. The SMILES string of the molecule is COC(CN)CC(=O)Nc1ccc(OC2CCC2)c(F)c1.Cl. The molecule has 1 amide bonds. The molecule has 1 aromatic rings. The molecule has 2 rings (SSSR count). The van der Waals surface area contributed by atoms with E-state index in [0.717, 1.165) is 19.3 Å². The predicted molar refractivity (Wildman–Crippen MR) is 85.0 cm³/mol. The van der Waals surface area contributed by atoms with Crippen LogP contribution in [0, 0.1) is 5.82 Å². The molecular formula is C15H22ClFN2O3. The van der Waals surface area contributed by atoms with E-state index in [4.69, 9.17) is 15.2 Å². The van der Waals surface area contributed by atoms with Crippen molar-refractivity contribution in [3.63, 3.8) is 0 Å². The first-order valence-corrected chi connectivity index (χ1v) is 7.11. The Kier molecular flexibility index (Phi) is 7.58. The van der Waals surface area contributed by atoms with Crippen molar-refractivity contribution >= 4 is 24.0 Å². The third-order valence-electron chi connectivity index (χ3n) is 3.57. The summed E-state index contributed by atoms with van der Waals surface area (Å²) in [7, 11) is 1.50. The van der Waals surface area contributed by atoms with Crippen LogP contribution in [0.3, 0.4) is 0 Å². The smallest absolute Gasteiger partial charge is 0.227 e. The van der Waals surface area contributed by atoms with E-state index in [-0.39, 0.29) is 49.2 Å². The van der Waals surface area contributed by atoms with E-state index in [2.05, 4.69) is 5.32 Å². The van der Waals surface area contributed by atoms with Gasteiger partial charge in [-0.3, -0.25) is 4.79 Å². The molecule has 1 atom stereocenters. The Hall–Kier alpha value is -1.37. The molecule has 22 heavy (non-hydrogen) atoms. The highest BCUT2D eigenvalue weighted by Gasteiger charge is 2.20. The van der Waals surface area contributed by atoms with Gasteiger partial charge in [0.25, 0.3) is 0 Å². The molecule has 0 radical (unpaired) electrons. The van der Waals surface area contributed by atoms with Crippen molar-refractivity contribution in [2.45, 2.75) is 37.9 Å². The number of halogens is 2. The number of ether oxygens (including phenoxy) is 2. The Morgan fingerprint density at radius 2 is 2.23 bits per heavy atom. The minimum absolute atomic E-state index is 0. The number of carbonyl (C=O) groups excluding carboxylic acids is 1. The van der Waals surface area contributed by atoms with Crippen LogP contribution in [-0.2, 0) is 9.53 Å². The van der Waals surface area contributed by atoms with Crippen molar-refractivity contribution < 1.29 is 18.7 Å².